The van der Waals surface area contributed by atoms with Crippen molar-refractivity contribution >= 4 is 11.7 Å². The lowest BCUT2D eigenvalue weighted by atomic mass is 10.2. The standard InChI is InChI=1S/C19H22N2O3/c1-14-4-8-17(9-5-14)24-18-10-6-15(7-11-18)20-19(23)21-12-2-3-16(21)13-22/h4-11,16,22H,2-3,12-13H2,1H3,(H,20,23)/t16-/m0/s1. The number of hydrogen-bond donors (Lipinski definition) is 2. The van der Waals surface area contributed by atoms with Crippen molar-refractivity contribution < 1.29 is 14.6 Å². The number of carbonyl (C=O) groups is 1. The van der Waals surface area contributed by atoms with Gasteiger partial charge >= 0.3 is 6.03 Å². The number of urea groups is 1. The first kappa shape index (κ1) is 16.3. The summed E-state index contributed by atoms with van der Waals surface area (Å²) in [5.41, 5.74) is 1.89. The summed E-state index contributed by atoms with van der Waals surface area (Å²) in [6.07, 6.45) is 1.79. The summed E-state index contributed by atoms with van der Waals surface area (Å²) in [5, 5.41) is 12.2. The summed E-state index contributed by atoms with van der Waals surface area (Å²) in [6, 6.07) is 14.9. The maximum absolute atomic E-state index is 12.3. The molecule has 1 atom stereocenters. The summed E-state index contributed by atoms with van der Waals surface area (Å²) in [4.78, 5) is 14.0. The Labute approximate surface area is 141 Å². The van der Waals surface area contributed by atoms with Crippen LogP contribution >= 0.6 is 0 Å². The zero-order valence-corrected chi connectivity index (χ0v) is 13.7. The van der Waals surface area contributed by atoms with Gasteiger partial charge in [0.05, 0.1) is 12.6 Å². The number of rotatable bonds is 4. The topological polar surface area (TPSA) is 61.8 Å². The zero-order valence-electron chi connectivity index (χ0n) is 13.7. The maximum atomic E-state index is 12.3. The van der Waals surface area contributed by atoms with Gasteiger partial charge in [0.2, 0.25) is 0 Å². The van der Waals surface area contributed by atoms with E-state index in [0.29, 0.717) is 18.0 Å². The van der Waals surface area contributed by atoms with Crippen molar-refractivity contribution in [3.8, 4) is 11.5 Å². The van der Waals surface area contributed by atoms with Crippen LogP contribution in [0.5, 0.6) is 11.5 Å². The SMILES string of the molecule is Cc1ccc(Oc2ccc(NC(=O)N3CCC[C@H]3CO)cc2)cc1. The van der Waals surface area contributed by atoms with Crippen molar-refractivity contribution in [2.45, 2.75) is 25.8 Å². The average Bonchev–Trinajstić information content (AvgIpc) is 3.07. The van der Waals surface area contributed by atoms with Gasteiger partial charge in [0.1, 0.15) is 11.5 Å². The Morgan fingerprint density at radius 2 is 1.79 bits per heavy atom. The molecule has 24 heavy (non-hydrogen) atoms. The third-order valence-corrected chi connectivity index (χ3v) is 4.21. The molecule has 0 saturated carbocycles. The van der Waals surface area contributed by atoms with Gasteiger partial charge in [-0.2, -0.15) is 0 Å². The molecule has 0 bridgehead atoms. The van der Waals surface area contributed by atoms with Gasteiger partial charge in [0.25, 0.3) is 0 Å². The molecule has 2 aromatic carbocycles. The van der Waals surface area contributed by atoms with E-state index in [2.05, 4.69) is 5.32 Å². The van der Waals surface area contributed by atoms with Crippen molar-refractivity contribution in [2.24, 2.45) is 0 Å². The molecule has 2 N–H and O–H groups in total. The van der Waals surface area contributed by atoms with E-state index in [-0.39, 0.29) is 18.7 Å². The van der Waals surface area contributed by atoms with Crippen LogP contribution in [0.25, 0.3) is 0 Å². The van der Waals surface area contributed by atoms with Gasteiger partial charge in [0.15, 0.2) is 0 Å². The number of aliphatic hydroxyl groups excluding tert-OH is 1. The molecule has 0 unspecified atom stereocenters. The van der Waals surface area contributed by atoms with Gasteiger partial charge in [-0.25, -0.2) is 4.79 Å². The van der Waals surface area contributed by atoms with Crippen LogP contribution in [0.1, 0.15) is 18.4 Å². The molecule has 2 amide bonds. The summed E-state index contributed by atoms with van der Waals surface area (Å²) >= 11 is 0. The van der Waals surface area contributed by atoms with Gasteiger partial charge in [-0.3, -0.25) is 0 Å². The van der Waals surface area contributed by atoms with Gasteiger partial charge in [-0.15, -0.1) is 0 Å². The number of hydrogen-bond acceptors (Lipinski definition) is 3. The molecule has 0 aromatic heterocycles. The van der Waals surface area contributed by atoms with E-state index in [1.54, 1.807) is 4.90 Å². The molecule has 1 aliphatic heterocycles. The van der Waals surface area contributed by atoms with Crippen LogP contribution in [0, 0.1) is 6.92 Å². The van der Waals surface area contributed by atoms with Crippen LogP contribution in [-0.2, 0) is 0 Å². The summed E-state index contributed by atoms with van der Waals surface area (Å²) in [5.74, 6) is 1.49. The summed E-state index contributed by atoms with van der Waals surface area (Å²) < 4.78 is 5.77. The molecule has 1 saturated heterocycles. The maximum Gasteiger partial charge on any atom is 0.322 e. The Kier molecular flexibility index (Phi) is 5.01. The molecular weight excluding hydrogens is 304 g/mol. The number of ether oxygens (including phenoxy) is 1. The lowest BCUT2D eigenvalue weighted by Gasteiger charge is -2.23. The van der Waals surface area contributed by atoms with Crippen LogP contribution in [-0.4, -0.2) is 35.2 Å². The minimum Gasteiger partial charge on any atom is -0.457 e. The molecule has 0 aliphatic carbocycles. The summed E-state index contributed by atoms with van der Waals surface area (Å²) in [6.45, 7) is 2.73. The molecule has 1 heterocycles. The van der Waals surface area contributed by atoms with Gasteiger partial charge in [-0.05, 0) is 56.2 Å². The number of anilines is 1. The lowest BCUT2D eigenvalue weighted by Crippen LogP contribution is -2.40. The largest absolute Gasteiger partial charge is 0.457 e. The molecule has 2 aromatic rings. The second-order valence-corrected chi connectivity index (χ2v) is 6.04. The van der Waals surface area contributed by atoms with Crippen LogP contribution in [0.2, 0.25) is 0 Å². The Morgan fingerprint density at radius 3 is 2.42 bits per heavy atom. The molecule has 1 aliphatic rings. The Hall–Kier alpha value is -2.53. The number of nitrogens with zero attached hydrogens (tertiary/aromatic N) is 1. The van der Waals surface area contributed by atoms with Crippen molar-refractivity contribution in [1.29, 1.82) is 0 Å². The number of likely N-dealkylation sites (tertiary alicyclic amines) is 1. The van der Waals surface area contributed by atoms with Crippen molar-refractivity contribution in [3.05, 3.63) is 54.1 Å². The second kappa shape index (κ2) is 7.36. The zero-order chi connectivity index (χ0) is 16.9. The van der Waals surface area contributed by atoms with Crippen molar-refractivity contribution in [3.63, 3.8) is 0 Å². The smallest absolute Gasteiger partial charge is 0.322 e. The average molecular weight is 326 g/mol. The van der Waals surface area contributed by atoms with Gasteiger partial charge in [0, 0.05) is 12.2 Å². The highest BCUT2D eigenvalue weighted by Crippen LogP contribution is 2.24. The Morgan fingerprint density at radius 1 is 1.17 bits per heavy atom. The third kappa shape index (κ3) is 3.86. The number of carbonyl (C=O) groups excluding carboxylic acids is 1. The molecule has 0 radical (unpaired) electrons. The third-order valence-electron chi connectivity index (χ3n) is 4.21. The van der Waals surface area contributed by atoms with Crippen LogP contribution in [0.15, 0.2) is 48.5 Å². The van der Waals surface area contributed by atoms with Gasteiger partial charge in [-0.1, -0.05) is 17.7 Å². The predicted octanol–water partition coefficient (Wildman–Crippen LogP) is 3.78. The van der Waals surface area contributed by atoms with Crippen LogP contribution < -0.4 is 10.1 Å². The van der Waals surface area contributed by atoms with E-state index in [1.807, 2.05) is 55.5 Å². The number of nitrogens with one attached hydrogen (secondary N) is 1. The number of amides is 2. The first-order valence-electron chi connectivity index (χ1n) is 8.19. The normalized spacial score (nSPS) is 16.9. The van der Waals surface area contributed by atoms with E-state index in [4.69, 9.17) is 4.74 Å². The predicted molar refractivity (Wildman–Crippen MR) is 93.5 cm³/mol. The van der Waals surface area contributed by atoms with E-state index >= 15 is 0 Å². The first-order chi connectivity index (χ1) is 11.7. The highest BCUT2D eigenvalue weighted by atomic mass is 16.5. The number of aliphatic hydroxyl groups is 1. The number of benzene rings is 2. The molecule has 3 rings (SSSR count). The van der Waals surface area contributed by atoms with E-state index in [9.17, 15) is 9.90 Å². The Bertz CT molecular complexity index is 683. The molecule has 0 spiro atoms. The fourth-order valence-electron chi connectivity index (χ4n) is 2.84. The van der Waals surface area contributed by atoms with Gasteiger partial charge < -0.3 is 20.1 Å². The first-order valence-corrected chi connectivity index (χ1v) is 8.19. The van der Waals surface area contributed by atoms with Crippen LogP contribution in [0.4, 0.5) is 10.5 Å². The second-order valence-electron chi connectivity index (χ2n) is 6.04. The Balaban J connectivity index is 1.60. The van der Waals surface area contributed by atoms with Crippen molar-refractivity contribution in [2.75, 3.05) is 18.5 Å². The van der Waals surface area contributed by atoms with E-state index < -0.39 is 0 Å². The molecule has 5 nitrogen and oxygen atoms in total. The molecule has 5 heteroatoms. The fourth-order valence-corrected chi connectivity index (χ4v) is 2.84. The monoisotopic (exact) mass is 326 g/mol. The number of aryl methyl sites for hydroxylation is 1. The molecule has 1 fully saturated rings. The molecular formula is C19H22N2O3. The highest BCUT2D eigenvalue weighted by Gasteiger charge is 2.27. The fraction of sp³-hybridized carbons (Fsp3) is 0.316. The molecule has 126 valence electrons. The summed E-state index contributed by atoms with van der Waals surface area (Å²) in [7, 11) is 0. The minimum atomic E-state index is -0.168. The quantitative estimate of drug-likeness (QED) is 0.899. The minimum absolute atomic E-state index is 0.0107. The van der Waals surface area contributed by atoms with Crippen LogP contribution in [0.3, 0.4) is 0 Å². The highest BCUT2D eigenvalue weighted by molar-refractivity contribution is 5.89. The van der Waals surface area contributed by atoms with Crippen molar-refractivity contribution in [1.82, 2.24) is 4.90 Å². The lowest BCUT2D eigenvalue weighted by molar-refractivity contribution is 0.166. The van der Waals surface area contributed by atoms with E-state index in [1.165, 1.54) is 5.56 Å². The van der Waals surface area contributed by atoms with E-state index in [0.717, 1.165) is 18.6 Å².